The Morgan fingerprint density at radius 3 is 3.00 bits per heavy atom. The number of nitrogens with one attached hydrogen (secondary N) is 2. The zero-order valence-electron chi connectivity index (χ0n) is 9.78. The van der Waals surface area contributed by atoms with Gasteiger partial charge in [0.25, 0.3) is 0 Å². The third-order valence-electron chi connectivity index (χ3n) is 3.14. The summed E-state index contributed by atoms with van der Waals surface area (Å²) in [5.41, 5.74) is 5.93. The molecule has 0 aliphatic carbocycles. The van der Waals surface area contributed by atoms with Gasteiger partial charge < -0.3 is 9.72 Å². The molecule has 1 saturated heterocycles. The molecule has 2 heterocycles. The first-order valence-corrected chi connectivity index (χ1v) is 6.04. The van der Waals surface area contributed by atoms with E-state index in [0.29, 0.717) is 0 Å². The molecule has 90 valence electrons. The lowest BCUT2D eigenvalue weighted by Crippen LogP contribution is -2.45. The summed E-state index contributed by atoms with van der Waals surface area (Å²) in [4.78, 5) is 3.24. The molecule has 17 heavy (non-hydrogen) atoms. The second-order valence-corrected chi connectivity index (χ2v) is 4.33. The van der Waals surface area contributed by atoms with Gasteiger partial charge >= 0.3 is 0 Å². The third-order valence-corrected chi connectivity index (χ3v) is 3.14. The lowest BCUT2D eigenvalue weighted by Gasteiger charge is -2.27. The predicted molar refractivity (Wildman–Crippen MR) is 67.5 cm³/mol. The van der Waals surface area contributed by atoms with E-state index in [1.165, 1.54) is 16.5 Å². The molecule has 1 aliphatic rings. The molecule has 4 nitrogen and oxygen atoms in total. The summed E-state index contributed by atoms with van der Waals surface area (Å²) in [7, 11) is 0. The summed E-state index contributed by atoms with van der Waals surface area (Å²) in [5.74, 6) is 0. The molecule has 4 heteroatoms. The van der Waals surface area contributed by atoms with Gasteiger partial charge in [-0.3, -0.25) is 5.43 Å². The minimum absolute atomic E-state index is 0.822. The van der Waals surface area contributed by atoms with Crippen LogP contribution in [0.4, 0.5) is 0 Å². The van der Waals surface area contributed by atoms with Crippen LogP contribution in [-0.4, -0.2) is 36.3 Å². The molecular weight excluding hydrogens is 214 g/mol. The Labute approximate surface area is 101 Å². The van der Waals surface area contributed by atoms with E-state index in [1.807, 2.05) is 6.20 Å². The maximum absolute atomic E-state index is 5.31. The van der Waals surface area contributed by atoms with Crippen LogP contribution in [0, 0.1) is 0 Å². The van der Waals surface area contributed by atoms with Crippen molar-refractivity contribution >= 4 is 10.9 Å². The lowest BCUT2D eigenvalue weighted by atomic mass is 10.2. The first-order chi connectivity index (χ1) is 8.42. The zero-order valence-corrected chi connectivity index (χ0v) is 9.78. The van der Waals surface area contributed by atoms with Gasteiger partial charge in [-0.1, -0.05) is 12.1 Å². The molecule has 0 spiro atoms. The van der Waals surface area contributed by atoms with Crippen molar-refractivity contribution < 1.29 is 4.74 Å². The van der Waals surface area contributed by atoms with E-state index in [1.54, 1.807) is 0 Å². The first-order valence-electron chi connectivity index (χ1n) is 6.04. The van der Waals surface area contributed by atoms with Crippen LogP contribution in [0.3, 0.4) is 0 Å². The molecular formula is C13H17N3O. The number of aromatic nitrogens is 1. The zero-order chi connectivity index (χ0) is 11.5. The summed E-state index contributed by atoms with van der Waals surface area (Å²) in [6, 6.07) is 8.61. The van der Waals surface area contributed by atoms with Crippen LogP contribution in [-0.2, 0) is 11.3 Å². The number of hydrazine groups is 1. The van der Waals surface area contributed by atoms with Gasteiger partial charge in [-0.15, -0.1) is 0 Å². The van der Waals surface area contributed by atoms with Crippen LogP contribution >= 0.6 is 0 Å². The number of benzene rings is 1. The van der Waals surface area contributed by atoms with Crippen LogP contribution < -0.4 is 5.43 Å². The second kappa shape index (κ2) is 4.87. The molecule has 2 aromatic rings. The molecule has 1 aromatic heterocycles. The Bertz CT molecular complexity index is 488. The highest BCUT2D eigenvalue weighted by Gasteiger charge is 2.09. The summed E-state index contributed by atoms with van der Waals surface area (Å²) in [6.07, 6.45) is 1.98. The topological polar surface area (TPSA) is 40.3 Å². The number of hydrogen-bond acceptors (Lipinski definition) is 3. The van der Waals surface area contributed by atoms with Gasteiger partial charge in [0.15, 0.2) is 0 Å². The Hall–Kier alpha value is -1.36. The van der Waals surface area contributed by atoms with E-state index in [9.17, 15) is 0 Å². The van der Waals surface area contributed by atoms with Crippen molar-refractivity contribution in [2.24, 2.45) is 0 Å². The van der Waals surface area contributed by atoms with Gasteiger partial charge in [0.05, 0.1) is 13.2 Å². The number of rotatable bonds is 3. The average molecular weight is 231 g/mol. The van der Waals surface area contributed by atoms with Gasteiger partial charge in [0.1, 0.15) is 0 Å². The Morgan fingerprint density at radius 2 is 2.12 bits per heavy atom. The number of H-pyrrole nitrogens is 1. The molecule has 0 radical (unpaired) electrons. The van der Waals surface area contributed by atoms with Gasteiger partial charge in [-0.25, -0.2) is 5.01 Å². The van der Waals surface area contributed by atoms with Crippen molar-refractivity contribution in [2.45, 2.75) is 6.54 Å². The Kier molecular flexibility index (Phi) is 3.09. The highest BCUT2D eigenvalue weighted by molar-refractivity contribution is 5.79. The smallest absolute Gasteiger partial charge is 0.0608 e. The standard InChI is InChI=1S/C13H17N3O/c1-2-12-3-4-14-13(12)9-11(1)10-15-16-5-7-17-8-6-16/h1-4,9,14-15H,5-8,10H2. The number of ether oxygens (including phenoxy) is 1. The molecule has 0 atom stereocenters. The maximum Gasteiger partial charge on any atom is 0.0608 e. The lowest BCUT2D eigenvalue weighted by molar-refractivity contribution is 0.0106. The fraction of sp³-hybridized carbons (Fsp3) is 0.385. The molecule has 1 aliphatic heterocycles. The number of hydrogen-bond donors (Lipinski definition) is 2. The van der Waals surface area contributed by atoms with E-state index in [0.717, 1.165) is 32.8 Å². The van der Waals surface area contributed by atoms with Crippen molar-refractivity contribution in [2.75, 3.05) is 26.3 Å². The molecule has 1 aromatic carbocycles. The highest BCUT2D eigenvalue weighted by Crippen LogP contribution is 2.14. The summed E-state index contributed by atoms with van der Waals surface area (Å²) in [5, 5.41) is 3.49. The van der Waals surface area contributed by atoms with E-state index >= 15 is 0 Å². The number of morpholine rings is 1. The maximum atomic E-state index is 5.31. The van der Waals surface area contributed by atoms with E-state index in [2.05, 4.69) is 39.7 Å². The van der Waals surface area contributed by atoms with Crippen molar-refractivity contribution in [1.82, 2.24) is 15.4 Å². The average Bonchev–Trinajstić information content (AvgIpc) is 2.85. The van der Waals surface area contributed by atoms with E-state index in [4.69, 9.17) is 4.74 Å². The fourth-order valence-corrected chi connectivity index (χ4v) is 2.13. The summed E-state index contributed by atoms with van der Waals surface area (Å²) < 4.78 is 5.31. The van der Waals surface area contributed by atoms with Gasteiger partial charge in [-0.05, 0) is 23.1 Å². The molecule has 2 N–H and O–H groups in total. The Morgan fingerprint density at radius 1 is 1.24 bits per heavy atom. The van der Waals surface area contributed by atoms with Crippen LogP contribution in [0.15, 0.2) is 30.5 Å². The summed E-state index contributed by atoms with van der Waals surface area (Å²) in [6.45, 7) is 4.44. The van der Waals surface area contributed by atoms with Crippen molar-refractivity contribution in [1.29, 1.82) is 0 Å². The quantitative estimate of drug-likeness (QED) is 0.841. The fourth-order valence-electron chi connectivity index (χ4n) is 2.13. The molecule has 0 unspecified atom stereocenters. The van der Waals surface area contributed by atoms with Crippen LogP contribution in [0.1, 0.15) is 5.56 Å². The molecule has 1 fully saturated rings. The SMILES string of the molecule is c1cc2ccc(CNN3CCOCC3)cc2[nH]1. The van der Waals surface area contributed by atoms with Crippen molar-refractivity contribution in [3.63, 3.8) is 0 Å². The number of nitrogens with zero attached hydrogens (tertiary/aromatic N) is 1. The van der Waals surface area contributed by atoms with E-state index in [-0.39, 0.29) is 0 Å². The van der Waals surface area contributed by atoms with Crippen LogP contribution in [0.25, 0.3) is 10.9 Å². The number of aromatic amines is 1. The van der Waals surface area contributed by atoms with E-state index < -0.39 is 0 Å². The largest absolute Gasteiger partial charge is 0.379 e. The minimum Gasteiger partial charge on any atom is -0.379 e. The van der Waals surface area contributed by atoms with Gasteiger partial charge in [0.2, 0.25) is 0 Å². The van der Waals surface area contributed by atoms with Gasteiger partial charge in [0, 0.05) is 31.3 Å². The third kappa shape index (κ3) is 2.49. The molecule has 0 saturated carbocycles. The minimum atomic E-state index is 0.822. The molecule has 0 amide bonds. The van der Waals surface area contributed by atoms with Crippen molar-refractivity contribution in [3.05, 3.63) is 36.0 Å². The summed E-state index contributed by atoms with van der Waals surface area (Å²) >= 11 is 0. The van der Waals surface area contributed by atoms with Crippen LogP contribution in [0.2, 0.25) is 0 Å². The molecule has 3 rings (SSSR count). The van der Waals surface area contributed by atoms with Crippen molar-refractivity contribution in [3.8, 4) is 0 Å². The second-order valence-electron chi connectivity index (χ2n) is 4.33. The molecule has 0 bridgehead atoms. The Balaban J connectivity index is 1.63. The monoisotopic (exact) mass is 231 g/mol. The van der Waals surface area contributed by atoms with Gasteiger partial charge in [-0.2, -0.15) is 0 Å². The predicted octanol–water partition coefficient (Wildman–Crippen LogP) is 1.50. The first kappa shape index (κ1) is 10.8. The number of fused-ring (bicyclic) bond motifs is 1. The normalized spacial score (nSPS) is 17.6. The highest BCUT2D eigenvalue weighted by atomic mass is 16.5. The van der Waals surface area contributed by atoms with Crippen LogP contribution in [0.5, 0.6) is 0 Å².